The highest BCUT2D eigenvalue weighted by Gasteiger charge is 2.23. The molecular formula is C72H54N4. The average Bonchev–Trinajstić information content (AvgIpc) is 3.50. The van der Waals surface area contributed by atoms with Crippen LogP contribution in [-0.4, -0.2) is 0 Å². The van der Waals surface area contributed by atoms with E-state index >= 15 is 0 Å². The lowest BCUT2D eigenvalue weighted by Crippen LogP contribution is -2.13. The van der Waals surface area contributed by atoms with E-state index in [1.807, 2.05) is 0 Å². The first kappa shape index (κ1) is 46.9. The minimum absolute atomic E-state index is 1.03. The van der Waals surface area contributed by atoms with Gasteiger partial charge in [-0.3, -0.25) is 0 Å². The summed E-state index contributed by atoms with van der Waals surface area (Å²) in [7, 11) is 0. The van der Waals surface area contributed by atoms with Crippen molar-refractivity contribution < 1.29 is 0 Å². The molecule has 12 aromatic carbocycles. The molecule has 76 heavy (non-hydrogen) atoms. The maximum atomic E-state index is 2.36. The lowest BCUT2D eigenvalue weighted by atomic mass is 9.88. The van der Waals surface area contributed by atoms with Gasteiger partial charge in [0, 0.05) is 68.2 Å². The molecule has 0 atom stereocenters. The van der Waals surface area contributed by atoms with E-state index in [0.29, 0.717) is 0 Å². The molecule has 0 saturated heterocycles. The van der Waals surface area contributed by atoms with Crippen LogP contribution < -0.4 is 19.6 Å². The summed E-state index contributed by atoms with van der Waals surface area (Å²) in [6.45, 7) is 0. The van der Waals surface area contributed by atoms with Crippen LogP contribution in [0.25, 0.3) is 33.4 Å². The number of nitrogens with zero attached hydrogens (tertiary/aromatic N) is 4. The zero-order chi connectivity index (χ0) is 50.9. The van der Waals surface area contributed by atoms with Crippen molar-refractivity contribution in [2.75, 3.05) is 19.6 Å². The van der Waals surface area contributed by atoms with Gasteiger partial charge in [0.2, 0.25) is 0 Å². The summed E-state index contributed by atoms with van der Waals surface area (Å²) in [5.41, 5.74) is 19.3. The highest BCUT2D eigenvalue weighted by atomic mass is 15.2. The topological polar surface area (TPSA) is 13.0 Å². The maximum absolute atomic E-state index is 2.36. The summed E-state index contributed by atoms with van der Waals surface area (Å²) in [4.78, 5) is 9.45. The molecule has 0 spiro atoms. The molecule has 362 valence electrons. The Morgan fingerprint density at radius 1 is 0.132 bits per heavy atom. The van der Waals surface area contributed by atoms with Crippen LogP contribution in [0.5, 0.6) is 0 Å². The molecule has 0 aliphatic heterocycles. The number of benzene rings is 12. The first-order valence-corrected chi connectivity index (χ1v) is 25.8. The molecular weight excluding hydrogens is 921 g/mol. The normalized spacial score (nSPS) is 10.9. The third-order valence-corrected chi connectivity index (χ3v) is 13.7. The Kier molecular flexibility index (Phi) is 13.5. The molecule has 0 bridgehead atoms. The van der Waals surface area contributed by atoms with E-state index in [0.717, 1.165) is 102 Å². The Balaban J connectivity index is 1.09. The number of para-hydroxylation sites is 8. The monoisotopic (exact) mass is 974 g/mol. The van der Waals surface area contributed by atoms with Gasteiger partial charge in [-0.1, -0.05) is 194 Å². The van der Waals surface area contributed by atoms with Gasteiger partial charge in [-0.2, -0.15) is 0 Å². The largest absolute Gasteiger partial charge is 0.310 e. The fraction of sp³-hybridized carbons (Fsp3) is 0. The van der Waals surface area contributed by atoms with Crippen molar-refractivity contribution in [3.63, 3.8) is 0 Å². The second kappa shape index (κ2) is 21.9. The molecule has 0 aromatic heterocycles. The Morgan fingerprint density at radius 3 is 0.474 bits per heavy atom. The summed E-state index contributed by atoms with van der Waals surface area (Å²) >= 11 is 0. The lowest BCUT2D eigenvalue weighted by molar-refractivity contribution is 1.25. The smallest absolute Gasteiger partial charge is 0.0488 e. The van der Waals surface area contributed by atoms with E-state index < -0.39 is 0 Å². The molecule has 0 saturated carbocycles. The zero-order valence-corrected chi connectivity index (χ0v) is 42.0. The first-order chi connectivity index (χ1) is 37.7. The highest BCUT2D eigenvalue weighted by molar-refractivity contribution is 5.97. The van der Waals surface area contributed by atoms with Crippen molar-refractivity contribution in [1.29, 1.82) is 0 Å². The van der Waals surface area contributed by atoms with E-state index in [9.17, 15) is 0 Å². The minimum Gasteiger partial charge on any atom is -0.310 e. The van der Waals surface area contributed by atoms with Crippen molar-refractivity contribution in [2.24, 2.45) is 0 Å². The van der Waals surface area contributed by atoms with Gasteiger partial charge in [-0.05, 0) is 167 Å². The molecule has 4 heteroatoms. The number of anilines is 12. The van der Waals surface area contributed by atoms with Gasteiger partial charge in [0.05, 0.1) is 0 Å². The van der Waals surface area contributed by atoms with Gasteiger partial charge in [-0.15, -0.1) is 0 Å². The molecule has 12 rings (SSSR count). The molecule has 4 nitrogen and oxygen atoms in total. The fourth-order valence-electron chi connectivity index (χ4n) is 10.4. The molecule has 0 unspecified atom stereocenters. The van der Waals surface area contributed by atoms with E-state index in [-0.39, 0.29) is 0 Å². The maximum Gasteiger partial charge on any atom is 0.0488 e. The van der Waals surface area contributed by atoms with Crippen LogP contribution in [0.1, 0.15) is 0 Å². The van der Waals surface area contributed by atoms with Gasteiger partial charge < -0.3 is 19.6 Å². The summed E-state index contributed by atoms with van der Waals surface area (Å²) in [6, 6.07) is 117. The Hall–Kier alpha value is -10.2. The van der Waals surface area contributed by atoms with Crippen molar-refractivity contribution >= 4 is 68.2 Å². The van der Waals surface area contributed by atoms with Gasteiger partial charge in [0.1, 0.15) is 0 Å². The Morgan fingerprint density at radius 2 is 0.289 bits per heavy atom. The summed E-state index contributed by atoms with van der Waals surface area (Å²) in [6.07, 6.45) is 0. The van der Waals surface area contributed by atoms with Crippen LogP contribution in [0.3, 0.4) is 0 Å². The van der Waals surface area contributed by atoms with Crippen molar-refractivity contribution in [2.45, 2.75) is 0 Å². The van der Waals surface area contributed by atoms with Crippen molar-refractivity contribution in [3.8, 4) is 33.4 Å². The van der Waals surface area contributed by atoms with E-state index in [2.05, 4.69) is 347 Å². The van der Waals surface area contributed by atoms with Gasteiger partial charge in [-0.25, -0.2) is 0 Å². The predicted molar refractivity (Wildman–Crippen MR) is 321 cm³/mol. The van der Waals surface area contributed by atoms with Crippen LogP contribution in [0.15, 0.2) is 328 Å². The molecule has 0 fully saturated rings. The fourth-order valence-corrected chi connectivity index (χ4v) is 10.4. The SMILES string of the molecule is c1ccc(N(c2ccccc2)c2cc(-c3ccccc3-c3ccccc3-c3cc(N(c4ccccc4)c4ccccc4)cc(N(c4ccccc4)c4ccccc4)c3)cc(N(c3ccccc3)c3ccccc3)c2)cc1. The number of hydrogen-bond donors (Lipinski definition) is 0. The van der Waals surface area contributed by atoms with E-state index in [1.54, 1.807) is 0 Å². The summed E-state index contributed by atoms with van der Waals surface area (Å²) in [5, 5.41) is 0. The number of rotatable bonds is 15. The molecule has 0 aliphatic carbocycles. The zero-order valence-electron chi connectivity index (χ0n) is 42.0. The second-order valence-electron chi connectivity index (χ2n) is 18.6. The third kappa shape index (κ3) is 9.87. The molecule has 0 heterocycles. The van der Waals surface area contributed by atoms with Crippen molar-refractivity contribution in [3.05, 3.63) is 328 Å². The molecule has 0 aliphatic rings. The van der Waals surface area contributed by atoms with Crippen LogP contribution >= 0.6 is 0 Å². The Labute approximate surface area is 446 Å². The Bertz CT molecular complexity index is 3190. The summed E-state index contributed by atoms with van der Waals surface area (Å²) < 4.78 is 0. The van der Waals surface area contributed by atoms with Crippen LogP contribution in [-0.2, 0) is 0 Å². The molecule has 12 aromatic rings. The van der Waals surface area contributed by atoms with Crippen LogP contribution in [0.2, 0.25) is 0 Å². The van der Waals surface area contributed by atoms with Gasteiger partial charge >= 0.3 is 0 Å². The van der Waals surface area contributed by atoms with Gasteiger partial charge in [0.25, 0.3) is 0 Å². The van der Waals surface area contributed by atoms with Crippen LogP contribution in [0.4, 0.5) is 68.2 Å². The van der Waals surface area contributed by atoms with Gasteiger partial charge in [0.15, 0.2) is 0 Å². The predicted octanol–water partition coefficient (Wildman–Crippen LogP) is 20.6. The van der Waals surface area contributed by atoms with E-state index in [1.165, 1.54) is 0 Å². The second-order valence-corrected chi connectivity index (χ2v) is 18.6. The molecule has 0 N–H and O–H groups in total. The first-order valence-electron chi connectivity index (χ1n) is 25.8. The summed E-state index contributed by atoms with van der Waals surface area (Å²) in [5.74, 6) is 0. The third-order valence-electron chi connectivity index (χ3n) is 13.7. The molecule has 0 radical (unpaired) electrons. The lowest BCUT2D eigenvalue weighted by Gasteiger charge is -2.31. The average molecular weight is 975 g/mol. The van der Waals surface area contributed by atoms with E-state index in [4.69, 9.17) is 0 Å². The molecule has 0 amide bonds. The minimum atomic E-state index is 1.03. The standard InChI is InChI=1S/C72H54N4/c1-9-29-57(30-10-1)73(58-31-11-2-12-32-58)65-49-55(50-66(53-65)74(59-33-13-3-14-34-59)60-35-15-4-16-36-60)69-45-25-27-47-71(69)72-48-28-26-46-70(72)56-51-67(75(61-37-17-5-18-38-61)62-39-19-6-20-40-62)54-68(52-56)76(63-41-21-7-22-42-63)64-43-23-8-24-44-64/h1-54H. The quantitative estimate of drug-likeness (QED) is 0.101. The number of hydrogen-bond acceptors (Lipinski definition) is 4. The van der Waals surface area contributed by atoms with Crippen molar-refractivity contribution in [1.82, 2.24) is 0 Å². The highest BCUT2D eigenvalue weighted by Crippen LogP contribution is 2.48. The van der Waals surface area contributed by atoms with Crippen LogP contribution in [0, 0.1) is 0 Å².